The highest BCUT2D eigenvalue weighted by molar-refractivity contribution is 6.06. The largest absolute Gasteiger partial charge is 0.508 e. The van der Waals surface area contributed by atoms with Crippen molar-refractivity contribution in [2.24, 2.45) is 10.7 Å². The van der Waals surface area contributed by atoms with Crippen LogP contribution in [0, 0.1) is 0 Å². The molecule has 1 aromatic heterocycles. The van der Waals surface area contributed by atoms with Gasteiger partial charge < -0.3 is 15.9 Å². The van der Waals surface area contributed by atoms with Crippen molar-refractivity contribution in [2.75, 3.05) is 7.05 Å². The SMILES string of the molecule is CN1C(=O)C(C)(c2ccnc(-c3cc(O)cc(O)c3)c2)N=C1N. The number of phenols is 2. The minimum atomic E-state index is -1.12. The van der Waals surface area contributed by atoms with Crippen LogP contribution >= 0.6 is 0 Å². The molecule has 4 N–H and O–H groups in total. The van der Waals surface area contributed by atoms with Crippen molar-refractivity contribution in [3.8, 4) is 22.8 Å². The predicted octanol–water partition coefficient (Wildman–Crippen LogP) is 1.16. The first-order valence-corrected chi connectivity index (χ1v) is 6.94. The molecule has 7 heteroatoms. The number of hydrogen-bond acceptors (Lipinski definition) is 6. The van der Waals surface area contributed by atoms with Crippen LogP contribution in [0.5, 0.6) is 11.5 Å². The van der Waals surface area contributed by atoms with E-state index in [9.17, 15) is 15.0 Å². The number of aromatic nitrogens is 1. The Balaban J connectivity index is 2.09. The van der Waals surface area contributed by atoms with Crippen molar-refractivity contribution in [3.63, 3.8) is 0 Å². The number of likely N-dealkylation sites (N-methyl/N-ethyl adjacent to an activating group) is 1. The molecule has 0 fully saturated rings. The first-order valence-electron chi connectivity index (χ1n) is 6.94. The highest BCUT2D eigenvalue weighted by Gasteiger charge is 2.43. The number of nitrogens with two attached hydrogens (primary N) is 1. The summed E-state index contributed by atoms with van der Waals surface area (Å²) in [6, 6.07) is 7.58. The molecule has 1 aromatic carbocycles. The first kappa shape index (κ1) is 14.8. The highest BCUT2D eigenvalue weighted by Crippen LogP contribution is 2.34. The minimum absolute atomic E-state index is 0.0719. The van der Waals surface area contributed by atoms with Crippen molar-refractivity contribution in [1.82, 2.24) is 9.88 Å². The molecule has 0 bridgehead atoms. The number of nitrogens with zero attached hydrogens (tertiary/aromatic N) is 3. The van der Waals surface area contributed by atoms with Gasteiger partial charge in [-0.05, 0) is 36.8 Å². The van der Waals surface area contributed by atoms with E-state index in [1.807, 2.05) is 0 Å². The van der Waals surface area contributed by atoms with Gasteiger partial charge >= 0.3 is 0 Å². The zero-order valence-electron chi connectivity index (χ0n) is 12.7. The zero-order chi connectivity index (χ0) is 16.8. The van der Waals surface area contributed by atoms with Crippen LogP contribution in [0.3, 0.4) is 0 Å². The van der Waals surface area contributed by atoms with Gasteiger partial charge in [-0.3, -0.25) is 14.7 Å². The van der Waals surface area contributed by atoms with Gasteiger partial charge in [-0.2, -0.15) is 0 Å². The molecule has 3 rings (SSSR count). The zero-order valence-corrected chi connectivity index (χ0v) is 12.7. The predicted molar refractivity (Wildman–Crippen MR) is 84.7 cm³/mol. The number of rotatable bonds is 2. The van der Waals surface area contributed by atoms with Crippen molar-refractivity contribution >= 4 is 11.9 Å². The van der Waals surface area contributed by atoms with Crippen molar-refractivity contribution in [1.29, 1.82) is 0 Å². The molecule has 1 aliphatic heterocycles. The van der Waals surface area contributed by atoms with Crippen molar-refractivity contribution in [3.05, 3.63) is 42.1 Å². The van der Waals surface area contributed by atoms with Gasteiger partial charge in [0.15, 0.2) is 11.5 Å². The summed E-state index contributed by atoms with van der Waals surface area (Å²) in [5, 5.41) is 19.2. The third kappa shape index (κ3) is 2.36. The molecule has 0 aliphatic carbocycles. The molecule has 1 atom stereocenters. The standard InChI is InChI=1S/C16H16N4O3/c1-16(14(23)20(2)15(17)19-16)10-3-4-18-13(7-10)9-5-11(21)8-12(22)6-9/h3-8,21-22H,1-2H3,(H2,17,19). The van der Waals surface area contributed by atoms with Gasteiger partial charge in [0.1, 0.15) is 11.5 Å². The summed E-state index contributed by atoms with van der Waals surface area (Å²) < 4.78 is 0. The Morgan fingerprint density at radius 3 is 2.39 bits per heavy atom. The first-order chi connectivity index (χ1) is 10.8. The molecule has 2 aromatic rings. The second-order valence-electron chi connectivity index (χ2n) is 5.57. The number of aliphatic imine (C=N–C) groups is 1. The van der Waals surface area contributed by atoms with Crippen LogP contribution in [0.25, 0.3) is 11.3 Å². The smallest absolute Gasteiger partial charge is 0.261 e. The minimum Gasteiger partial charge on any atom is -0.508 e. The molecule has 1 aliphatic rings. The summed E-state index contributed by atoms with van der Waals surface area (Å²) in [5.74, 6) is -0.216. The van der Waals surface area contributed by atoms with Gasteiger partial charge in [-0.15, -0.1) is 0 Å². The Labute approximate surface area is 132 Å². The van der Waals surface area contributed by atoms with Gasteiger partial charge in [0, 0.05) is 24.9 Å². The summed E-state index contributed by atoms with van der Waals surface area (Å²) >= 11 is 0. The van der Waals surface area contributed by atoms with E-state index >= 15 is 0 Å². The summed E-state index contributed by atoms with van der Waals surface area (Å²) in [6.45, 7) is 1.69. The monoisotopic (exact) mass is 312 g/mol. The normalized spacial score (nSPS) is 20.7. The van der Waals surface area contributed by atoms with Crippen LogP contribution in [0.4, 0.5) is 0 Å². The maximum atomic E-state index is 12.4. The van der Waals surface area contributed by atoms with E-state index in [0.29, 0.717) is 16.8 Å². The molecule has 1 unspecified atom stereocenters. The molecule has 0 spiro atoms. The van der Waals surface area contributed by atoms with Gasteiger partial charge in [0.05, 0.1) is 5.69 Å². The van der Waals surface area contributed by atoms with E-state index in [0.717, 1.165) is 0 Å². The maximum Gasteiger partial charge on any atom is 0.261 e. The Morgan fingerprint density at radius 1 is 1.17 bits per heavy atom. The van der Waals surface area contributed by atoms with E-state index < -0.39 is 5.54 Å². The quantitative estimate of drug-likeness (QED) is 0.770. The Morgan fingerprint density at radius 2 is 1.83 bits per heavy atom. The van der Waals surface area contributed by atoms with Gasteiger partial charge in [0.25, 0.3) is 5.91 Å². The third-order valence-corrected chi connectivity index (χ3v) is 3.92. The van der Waals surface area contributed by atoms with Crippen LogP contribution in [0.2, 0.25) is 0 Å². The molecule has 7 nitrogen and oxygen atoms in total. The van der Waals surface area contributed by atoms with E-state index in [2.05, 4.69) is 9.98 Å². The van der Waals surface area contributed by atoms with Crippen molar-refractivity contribution < 1.29 is 15.0 Å². The second kappa shape index (κ2) is 4.98. The fourth-order valence-corrected chi connectivity index (χ4v) is 2.60. The lowest BCUT2D eigenvalue weighted by molar-refractivity contribution is -0.130. The van der Waals surface area contributed by atoms with Gasteiger partial charge in [0.2, 0.25) is 0 Å². The third-order valence-electron chi connectivity index (χ3n) is 3.92. The van der Waals surface area contributed by atoms with Crippen LogP contribution in [0.1, 0.15) is 12.5 Å². The molecule has 0 saturated carbocycles. The van der Waals surface area contributed by atoms with Crippen LogP contribution in [-0.2, 0) is 10.3 Å². The average Bonchev–Trinajstić information content (AvgIpc) is 2.71. The van der Waals surface area contributed by atoms with Crippen molar-refractivity contribution in [2.45, 2.75) is 12.5 Å². The van der Waals surface area contributed by atoms with Gasteiger partial charge in [-0.1, -0.05) is 0 Å². The summed E-state index contributed by atoms with van der Waals surface area (Å²) in [7, 11) is 1.57. The summed E-state index contributed by atoms with van der Waals surface area (Å²) in [5.41, 5.74) is 6.29. The number of benzene rings is 1. The topological polar surface area (TPSA) is 112 Å². The number of hydrogen-bond donors (Lipinski definition) is 3. The lowest BCUT2D eigenvalue weighted by Crippen LogP contribution is -2.38. The number of carbonyl (C=O) groups excluding carboxylic acids is 1. The Bertz CT molecular complexity index is 814. The van der Waals surface area contributed by atoms with E-state index in [-0.39, 0.29) is 23.4 Å². The molecule has 23 heavy (non-hydrogen) atoms. The number of amides is 1. The van der Waals surface area contributed by atoms with E-state index in [4.69, 9.17) is 5.73 Å². The fourth-order valence-electron chi connectivity index (χ4n) is 2.60. The molecular formula is C16H16N4O3. The molecule has 1 amide bonds. The molecular weight excluding hydrogens is 296 g/mol. The molecule has 118 valence electrons. The number of aromatic hydroxyl groups is 2. The number of carbonyl (C=O) groups is 1. The lowest BCUT2D eigenvalue weighted by Gasteiger charge is -2.20. The molecule has 0 radical (unpaired) electrons. The van der Waals surface area contributed by atoms with E-state index in [1.54, 1.807) is 32.3 Å². The number of guanidine groups is 1. The second-order valence-corrected chi connectivity index (χ2v) is 5.57. The Kier molecular flexibility index (Phi) is 3.21. The molecule has 2 heterocycles. The van der Waals surface area contributed by atoms with Gasteiger partial charge in [-0.25, -0.2) is 4.99 Å². The highest BCUT2D eigenvalue weighted by atomic mass is 16.3. The van der Waals surface area contributed by atoms with E-state index in [1.165, 1.54) is 23.1 Å². The molecule has 0 saturated heterocycles. The summed E-state index contributed by atoms with van der Waals surface area (Å²) in [4.78, 5) is 22.2. The van der Waals surface area contributed by atoms with Crippen LogP contribution in [-0.4, -0.2) is 39.0 Å². The average molecular weight is 312 g/mol. The maximum absolute atomic E-state index is 12.4. The number of phenolic OH excluding ortho intramolecular Hbond substituents is 2. The number of pyridine rings is 1. The fraction of sp³-hybridized carbons (Fsp3) is 0.188. The van der Waals surface area contributed by atoms with Crippen LogP contribution in [0.15, 0.2) is 41.5 Å². The Hall–Kier alpha value is -3.09. The van der Waals surface area contributed by atoms with Crippen LogP contribution < -0.4 is 5.73 Å². The lowest BCUT2D eigenvalue weighted by atomic mass is 9.91. The summed E-state index contributed by atoms with van der Waals surface area (Å²) in [6.07, 6.45) is 1.55.